The summed E-state index contributed by atoms with van der Waals surface area (Å²) in [6.45, 7) is 3.60. The molecule has 2 saturated heterocycles. The zero-order valence-corrected chi connectivity index (χ0v) is 24.0. The summed E-state index contributed by atoms with van der Waals surface area (Å²) in [7, 11) is 0. The van der Waals surface area contributed by atoms with Crippen LogP contribution in [0.25, 0.3) is 0 Å². The number of benzene rings is 3. The van der Waals surface area contributed by atoms with Crippen molar-refractivity contribution in [3.8, 4) is 0 Å². The predicted octanol–water partition coefficient (Wildman–Crippen LogP) is 6.20. The Morgan fingerprint density at radius 3 is 1.69 bits per heavy atom. The number of halogens is 2. The molecule has 2 heterocycles. The van der Waals surface area contributed by atoms with E-state index in [1.807, 2.05) is 97.1 Å². The predicted molar refractivity (Wildman–Crippen MR) is 151 cm³/mol. The van der Waals surface area contributed by atoms with E-state index in [4.69, 9.17) is 24.0 Å². The van der Waals surface area contributed by atoms with Crippen LogP contribution in [0, 0.1) is 0 Å². The molecule has 5 rings (SSSR count). The molecule has 0 saturated carbocycles. The molecule has 3 aromatic carbocycles. The number of hydrogen-bond acceptors (Lipinski definition) is 6. The molecule has 6 nitrogen and oxygen atoms in total. The van der Waals surface area contributed by atoms with Gasteiger partial charge in [-0.1, -0.05) is 91.0 Å². The minimum atomic E-state index is -1.92. The minimum Gasteiger partial charge on any atom is -0.357 e. The lowest BCUT2D eigenvalue weighted by molar-refractivity contribution is -0.627. The lowest BCUT2D eigenvalue weighted by Gasteiger charge is -2.49. The van der Waals surface area contributed by atoms with Crippen molar-refractivity contribution in [1.82, 2.24) is 0 Å². The Kier molecular flexibility index (Phi) is 7.59. The van der Waals surface area contributed by atoms with Gasteiger partial charge >= 0.3 is 0 Å². The quantitative estimate of drug-likeness (QED) is 0.179. The highest BCUT2D eigenvalue weighted by atomic mass is 127. The fraction of sp³-hybridized carbons (Fsp3) is 0.286. The third-order valence-corrected chi connectivity index (χ3v) is 6.98. The topological polar surface area (TPSA) is 66.4 Å². The highest BCUT2D eigenvalue weighted by Gasteiger charge is 2.66. The third kappa shape index (κ3) is 4.90. The van der Waals surface area contributed by atoms with Gasteiger partial charge in [0.2, 0.25) is 0 Å². The van der Waals surface area contributed by atoms with Crippen LogP contribution in [0.2, 0.25) is 0 Å². The molecular weight excluding hydrogens is 686 g/mol. The highest BCUT2D eigenvalue weighted by molar-refractivity contribution is 14.2. The maximum absolute atomic E-state index is 11.8. The summed E-state index contributed by atoms with van der Waals surface area (Å²) in [5.41, 5.74) is 1.52. The minimum absolute atomic E-state index is 0.566. The summed E-state index contributed by atoms with van der Waals surface area (Å²) >= 11 is 4.38. The average Bonchev–Trinajstić information content (AvgIpc) is 3.18. The van der Waals surface area contributed by atoms with Crippen molar-refractivity contribution in [3.05, 3.63) is 115 Å². The fourth-order valence-electron chi connectivity index (χ4n) is 4.71. The van der Waals surface area contributed by atoms with Crippen molar-refractivity contribution in [3.63, 3.8) is 0 Å². The third-order valence-electron chi connectivity index (χ3n) is 6.26. The van der Waals surface area contributed by atoms with Gasteiger partial charge in [0.1, 0.15) is 11.7 Å². The normalized spacial score (nSPS) is 27.3. The van der Waals surface area contributed by atoms with E-state index in [1.165, 1.54) is 0 Å². The first-order valence-corrected chi connectivity index (χ1v) is 13.7. The summed E-state index contributed by atoms with van der Waals surface area (Å²) in [6, 6.07) is 29.6. The van der Waals surface area contributed by atoms with Crippen LogP contribution in [-0.2, 0) is 29.6 Å². The van der Waals surface area contributed by atoms with Crippen molar-refractivity contribution < 1.29 is 29.1 Å². The molecule has 0 spiro atoms. The van der Waals surface area contributed by atoms with Gasteiger partial charge in [-0.05, 0) is 81.8 Å². The van der Waals surface area contributed by atoms with Crippen LogP contribution in [0.1, 0.15) is 30.5 Å². The molecule has 2 aliphatic heterocycles. The number of rotatable bonds is 7. The fourth-order valence-corrected chi connectivity index (χ4v) is 5.42. The van der Waals surface area contributed by atoms with E-state index < -0.39 is 35.7 Å². The van der Waals surface area contributed by atoms with E-state index in [-0.39, 0.29) is 0 Å². The molecule has 188 valence electrons. The zero-order chi connectivity index (χ0) is 25.4. The maximum atomic E-state index is 11.8. The molecule has 0 aliphatic carbocycles. The first kappa shape index (κ1) is 26.2. The van der Waals surface area contributed by atoms with Gasteiger partial charge in [0.05, 0.1) is 1.59 Å². The smallest absolute Gasteiger partial charge is 0.283 e. The second-order valence-corrected chi connectivity index (χ2v) is 13.5. The Labute approximate surface area is 237 Å². The van der Waals surface area contributed by atoms with Crippen LogP contribution in [0.15, 0.2) is 98.7 Å². The van der Waals surface area contributed by atoms with Crippen molar-refractivity contribution in [2.24, 2.45) is 0 Å². The van der Waals surface area contributed by atoms with E-state index >= 15 is 0 Å². The molecule has 0 bridgehead atoms. The largest absolute Gasteiger partial charge is 0.357 e. The van der Waals surface area contributed by atoms with Gasteiger partial charge in [-0.25, -0.2) is 0 Å². The standard InChI is InChI=1S/C28H26I2O6/c1-26(2)32-22(18-23(29)30)24(33-26)28(31)25(35-36-28)34-27(19-12-6-3-7-13-19,20-14-8-4-9-15-20)21-16-10-5-11-17-21/h3-18,22,24-25,31H,1-2H3/t22-,24+,25?,28?/m0/s1. The van der Waals surface area contributed by atoms with Crippen LogP contribution in [0.5, 0.6) is 0 Å². The van der Waals surface area contributed by atoms with Gasteiger partial charge in [-0.15, -0.1) is 0 Å². The molecule has 1 N–H and O–H groups in total. The summed E-state index contributed by atoms with van der Waals surface area (Å²) in [4.78, 5) is 10.8. The highest BCUT2D eigenvalue weighted by Crippen LogP contribution is 2.48. The van der Waals surface area contributed by atoms with E-state index in [9.17, 15) is 5.11 Å². The number of aliphatic hydroxyl groups is 1. The summed E-state index contributed by atoms with van der Waals surface area (Å²) < 4.78 is 20.0. The van der Waals surface area contributed by atoms with Gasteiger partial charge in [-0.3, -0.25) is 0 Å². The first-order chi connectivity index (χ1) is 17.2. The Hall–Kier alpha value is -1.38. The number of hydrogen-bond donors (Lipinski definition) is 1. The van der Waals surface area contributed by atoms with Crippen molar-refractivity contribution in [2.45, 2.75) is 49.5 Å². The van der Waals surface area contributed by atoms with Gasteiger partial charge in [-0.2, -0.15) is 9.78 Å². The van der Waals surface area contributed by atoms with Crippen LogP contribution >= 0.6 is 45.2 Å². The molecular formula is C28H26I2O6. The lowest BCUT2D eigenvalue weighted by atomic mass is 9.80. The molecule has 0 radical (unpaired) electrons. The molecule has 36 heavy (non-hydrogen) atoms. The second-order valence-electron chi connectivity index (χ2n) is 9.14. The molecule has 8 heteroatoms. The SMILES string of the molecule is CC1(C)O[C@@H](C=C(I)I)[C@H](C2(O)OOC2OC(c2ccccc2)(c2ccccc2)c2ccccc2)O1. The molecule has 2 aliphatic rings. The molecule has 0 aromatic heterocycles. The van der Waals surface area contributed by atoms with E-state index in [1.54, 1.807) is 13.8 Å². The van der Waals surface area contributed by atoms with Crippen molar-refractivity contribution in [2.75, 3.05) is 0 Å². The lowest BCUT2D eigenvalue weighted by Crippen LogP contribution is -2.68. The average molecular weight is 712 g/mol. The van der Waals surface area contributed by atoms with E-state index in [2.05, 4.69) is 45.2 Å². The maximum Gasteiger partial charge on any atom is 0.283 e. The number of ether oxygens (including phenoxy) is 3. The van der Waals surface area contributed by atoms with Crippen LogP contribution in [-0.4, -0.2) is 35.2 Å². The van der Waals surface area contributed by atoms with Gasteiger partial charge in [0.15, 0.2) is 11.9 Å². The summed E-state index contributed by atoms with van der Waals surface area (Å²) in [5.74, 6) is -2.84. The Morgan fingerprint density at radius 2 is 1.31 bits per heavy atom. The van der Waals surface area contributed by atoms with Crippen LogP contribution < -0.4 is 0 Å². The van der Waals surface area contributed by atoms with Crippen molar-refractivity contribution in [1.29, 1.82) is 0 Å². The van der Waals surface area contributed by atoms with Gasteiger partial charge < -0.3 is 19.3 Å². The molecule has 0 amide bonds. The summed E-state index contributed by atoms with van der Waals surface area (Å²) in [5, 5.41) is 11.8. The van der Waals surface area contributed by atoms with Crippen LogP contribution in [0.3, 0.4) is 0 Å². The molecule has 2 unspecified atom stereocenters. The van der Waals surface area contributed by atoms with E-state index in [0.717, 1.165) is 18.3 Å². The van der Waals surface area contributed by atoms with Gasteiger partial charge in [0.25, 0.3) is 12.1 Å². The second kappa shape index (κ2) is 10.4. The van der Waals surface area contributed by atoms with Crippen molar-refractivity contribution >= 4 is 45.2 Å². The van der Waals surface area contributed by atoms with E-state index in [0.29, 0.717) is 0 Å². The molecule has 2 fully saturated rings. The Morgan fingerprint density at radius 1 is 0.833 bits per heavy atom. The summed E-state index contributed by atoms with van der Waals surface area (Å²) in [6.07, 6.45) is -0.742. The Balaban J connectivity index is 1.61. The van der Waals surface area contributed by atoms with Crippen LogP contribution in [0.4, 0.5) is 0 Å². The molecule has 4 atom stereocenters. The van der Waals surface area contributed by atoms with Gasteiger partial charge in [0, 0.05) is 0 Å². The Bertz CT molecular complexity index is 1100. The monoisotopic (exact) mass is 712 g/mol. The zero-order valence-electron chi connectivity index (χ0n) is 19.7. The molecule has 3 aromatic rings. The first-order valence-electron chi connectivity index (χ1n) is 11.5.